The normalized spacial score (nSPS) is 20.5. The Morgan fingerprint density at radius 2 is 1.90 bits per heavy atom. The largest absolute Gasteiger partial charge is 0.445 e. The van der Waals surface area contributed by atoms with E-state index in [1.165, 1.54) is 9.80 Å². The van der Waals surface area contributed by atoms with E-state index < -0.39 is 23.4 Å². The number of alkyl halides is 3. The van der Waals surface area contributed by atoms with Crippen LogP contribution < -0.4 is 10.2 Å². The maximum Gasteiger partial charge on any atom is 0.445 e. The summed E-state index contributed by atoms with van der Waals surface area (Å²) in [6.07, 6.45) is -5.01. The van der Waals surface area contributed by atoms with Crippen molar-refractivity contribution in [3.63, 3.8) is 0 Å². The fraction of sp³-hybridized carbons (Fsp3) is 0.727. The maximum absolute atomic E-state index is 12.6. The first kappa shape index (κ1) is 16.0. The summed E-state index contributed by atoms with van der Waals surface area (Å²) in [6, 6.07) is -0.401. The molecule has 2 amide bonds. The van der Waals surface area contributed by atoms with Crippen LogP contribution in [0.5, 0.6) is 0 Å². The number of aromatic nitrogens is 2. The molecule has 0 spiro atoms. The van der Waals surface area contributed by atoms with E-state index >= 15 is 0 Å². The zero-order valence-electron chi connectivity index (χ0n) is 12.0. The zero-order chi connectivity index (χ0) is 16.0. The number of hydrogen-bond donors (Lipinski definition) is 1. The van der Waals surface area contributed by atoms with Crippen LogP contribution >= 0.6 is 11.3 Å². The molecule has 0 aliphatic carbocycles. The van der Waals surface area contributed by atoms with Crippen molar-refractivity contribution in [2.75, 3.05) is 18.5 Å². The van der Waals surface area contributed by atoms with E-state index in [9.17, 15) is 18.0 Å². The van der Waals surface area contributed by atoms with Gasteiger partial charge in [-0.15, -0.1) is 10.2 Å². The van der Waals surface area contributed by atoms with Crippen LogP contribution in [0.4, 0.5) is 23.1 Å². The van der Waals surface area contributed by atoms with E-state index in [4.69, 9.17) is 0 Å². The third kappa shape index (κ3) is 3.43. The van der Waals surface area contributed by atoms with E-state index in [0.717, 1.165) is 0 Å². The molecule has 0 radical (unpaired) electrons. The van der Waals surface area contributed by atoms with Gasteiger partial charge in [-0.25, -0.2) is 4.79 Å². The summed E-state index contributed by atoms with van der Waals surface area (Å²) in [5, 5.41) is 8.72. The Bertz CT molecular complexity index is 539. The first-order chi connectivity index (χ1) is 9.49. The summed E-state index contributed by atoms with van der Waals surface area (Å²) < 4.78 is 37.8. The van der Waals surface area contributed by atoms with Crippen LogP contribution in [0.2, 0.25) is 0 Å². The molecular weight excluding hydrogens is 307 g/mol. The highest BCUT2D eigenvalue weighted by Gasteiger charge is 2.42. The second kappa shape index (κ2) is 5.09. The highest BCUT2D eigenvalue weighted by molar-refractivity contribution is 7.15. The molecule has 1 aliphatic heterocycles. The van der Waals surface area contributed by atoms with Gasteiger partial charge in [-0.3, -0.25) is 10.2 Å². The van der Waals surface area contributed by atoms with Crippen LogP contribution in [0.1, 0.15) is 25.8 Å². The summed E-state index contributed by atoms with van der Waals surface area (Å²) in [7, 11) is 1.59. The summed E-state index contributed by atoms with van der Waals surface area (Å²) in [6.45, 7) is 6.09. The number of rotatable bonds is 2. The van der Waals surface area contributed by atoms with Gasteiger partial charge in [0.1, 0.15) is 6.17 Å². The molecule has 1 N–H and O–H groups in total. The number of hydrogen-bond acceptors (Lipinski definition) is 5. The van der Waals surface area contributed by atoms with Crippen LogP contribution in [-0.2, 0) is 6.18 Å². The zero-order valence-corrected chi connectivity index (χ0v) is 12.8. The average Bonchev–Trinajstić information content (AvgIpc) is 2.83. The standard InChI is InChI=1S/C11H16F3N5OS/c1-10(2,3)15-6-5-18(4)9(20)19(6)8-17-16-7(21-8)11(12,13)14/h6,15H,5H2,1-4H3. The third-order valence-corrected chi connectivity index (χ3v) is 3.72. The Morgan fingerprint density at radius 3 is 2.38 bits per heavy atom. The van der Waals surface area contributed by atoms with Crippen molar-refractivity contribution in [2.24, 2.45) is 0 Å². The monoisotopic (exact) mass is 323 g/mol. The first-order valence-corrected chi connectivity index (χ1v) is 7.03. The third-order valence-electron chi connectivity index (χ3n) is 2.75. The van der Waals surface area contributed by atoms with E-state index in [2.05, 4.69) is 15.5 Å². The van der Waals surface area contributed by atoms with E-state index in [1.807, 2.05) is 20.8 Å². The topological polar surface area (TPSA) is 61.4 Å². The number of nitrogens with one attached hydrogen (secondary N) is 1. The van der Waals surface area contributed by atoms with Crippen molar-refractivity contribution < 1.29 is 18.0 Å². The summed E-state index contributed by atoms with van der Waals surface area (Å²) in [5.74, 6) is 0. The lowest BCUT2D eigenvalue weighted by molar-refractivity contribution is -0.138. The molecule has 0 aromatic carbocycles. The molecule has 10 heteroatoms. The summed E-state index contributed by atoms with van der Waals surface area (Å²) in [5.41, 5.74) is -0.300. The van der Waals surface area contributed by atoms with E-state index in [-0.39, 0.29) is 10.7 Å². The summed E-state index contributed by atoms with van der Waals surface area (Å²) in [4.78, 5) is 14.8. The fourth-order valence-electron chi connectivity index (χ4n) is 1.99. The highest BCUT2D eigenvalue weighted by Crippen LogP contribution is 2.36. The Kier molecular flexibility index (Phi) is 3.87. The van der Waals surface area contributed by atoms with Gasteiger partial charge in [0.15, 0.2) is 0 Å². The molecule has 118 valence electrons. The molecule has 1 atom stereocenters. The number of carbonyl (C=O) groups excluding carboxylic acids is 1. The fourth-order valence-corrected chi connectivity index (χ4v) is 2.74. The number of anilines is 1. The Hall–Kier alpha value is -1.42. The first-order valence-electron chi connectivity index (χ1n) is 6.22. The number of nitrogens with zero attached hydrogens (tertiary/aromatic N) is 4. The molecule has 0 saturated carbocycles. The van der Waals surface area contributed by atoms with Crippen LogP contribution in [0, 0.1) is 0 Å². The van der Waals surface area contributed by atoms with Crippen LogP contribution in [0.3, 0.4) is 0 Å². The van der Waals surface area contributed by atoms with Crippen molar-refractivity contribution in [1.29, 1.82) is 0 Å². The second-order valence-corrected chi connectivity index (χ2v) is 6.79. The van der Waals surface area contributed by atoms with Gasteiger partial charge in [0.2, 0.25) is 10.1 Å². The molecule has 1 unspecified atom stereocenters. The van der Waals surface area contributed by atoms with Gasteiger partial charge in [0.25, 0.3) is 0 Å². The lowest BCUT2D eigenvalue weighted by Crippen LogP contribution is -2.52. The molecule has 2 heterocycles. The van der Waals surface area contributed by atoms with Gasteiger partial charge in [-0.2, -0.15) is 13.2 Å². The number of carbonyl (C=O) groups is 1. The molecule has 21 heavy (non-hydrogen) atoms. The number of urea groups is 1. The van der Waals surface area contributed by atoms with Crippen molar-refractivity contribution in [3.8, 4) is 0 Å². The summed E-state index contributed by atoms with van der Waals surface area (Å²) >= 11 is 0.364. The maximum atomic E-state index is 12.6. The van der Waals surface area contributed by atoms with Crippen molar-refractivity contribution in [2.45, 2.75) is 38.7 Å². The van der Waals surface area contributed by atoms with Gasteiger partial charge < -0.3 is 4.90 Å². The number of likely N-dealkylation sites (N-methyl/N-ethyl adjacent to an activating group) is 1. The molecule has 2 rings (SSSR count). The molecular formula is C11H16F3N5OS. The SMILES string of the molecule is CN1CC(NC(C)(C)C)N(c2nnc(C(F)(F)F)s2)C1=O. The highest BCUT2D eigenvalue weighted by atomic mass is 32.1. The van der Waals surface area contributed by atoms with Gasteiger partial charge in [0, 0.05) is 12.6 Å². The number of amides is 2. The molecule has 1 aliphatic rings. The van der Waals surface area contributed by atoms with Crippen molar-refractivity contribution >= 4 is 22.5 Å². The minimum absolute atomic E-state index is 0.0570. The molecule has 1 aromatic rings. The molecule has 0 bridgehead atoms. The van der Waals surface area contributed by atoms with E-state index in [0.29, 0.717) is 17.9 Å². The lowest BCUT2D eigenvalue weighted by Gasteiger charge is -2.29. The van der Waals surface area contributed by atoms with Crippen LogP contribution in [0.15, 0.2) is 0 Å². The van der Waals surface area contributed by atoms with E-state index in [1.54, 1.807) is 7.05 Å². The predicted octanol–water partition coefficient (Wildman–Crippen LogP) is 2.14. The number of halogens is 3. The Labute approximate surface area is 123 Å². The second-order valence-electron chi connectivity index (χ2n) is 5.83. The van der Waals surface area contributed by atoms with Crippen molar-refractivity contribution in [3.05, 3.63) is 5.01 Å². The molecule has 6 nitrogen and oxygen atoms in total. The minimum atomic E-state index is -4.56. The van der Waals surface area contributed by atoms with Gasteiger partial charge in [-0.05, 0) is 20.8 Å². The minimum Gasteiger partial charge on any atom is -0.324 e. The predicted molar refractivity (Wildman–Crippen MR) is 72.1 cm³/mol. The Morgan fingerprint density at radius 1 is 1.29 bits per heavy atom. The van der Waals surface area contributed by atoms with Gasteiger partial charge in [0.05, 0.1) is 6.54 Å². The quantitative estimate of drug-likeness (QED) is 0.906. The van der Waals surface area contributed by atoms with Gasteiger partial charge in [-0.1, -0.05) is 11.3 Å². The Balaban J connectivity index is 2.30. The van der Waals surface area contributed by atoms with Crippen molar-refractivity contribution in [1.82, 2.24) is 20.4 Å². The smallest absolute Gasteiger partial charge is 0.324 e. The lowest BCUT2D eigenvalue weighted by atomic mass is 10.1. The average molecular weight is 323 g/mol. The molecule has 1 aromatic heterocycles. The molecule has 1 saturated heterocycles. The molecule has 1 fully saturated rings. The van der Waals surface area contributed by atoms with Gasteiger partial charge >= 0.3 is 12.2 Å². The van der Waals surface area contributed by atoms with Crippen LogP contribution in [0.25, 0.3) is 0 Å². The van der Waals surface area contributed by atoms with Crippen LogP contribution in [-0.4, -0.2) is 46.4 Å².